The highest BCUT2D eigenvalue weighted by molar-refractivity contribution is 7.48. The smallest absolute Gasteiger partial charge is 0.123 e. The zero-order chi connectivity index (χ0) is 24.0. The molecule has 2 nitrogen and oxygen atoms in total. The van der Waals surface area contributed by atoms with Crippen molar-refractivity contribution >= 4 is 13.9 Å². The Hall–Kier alpha value is -2.15. The minimum absolute atomic E-state index is 0.0317. The van der Waals surface area contributed by atoms with E-state index in [1.165, 1.54) is 65.5 Å². The van der Waals surface area contributed by atoms with Crippen molar-refractivity contribution in [3.8, 4) is 5.75 Å². The zero-order valence-electron chi connectivity index (χ0n) is 21.4. The van der Waals surface area contributed by atoms with Gasteiger partial charge in [-0.1, -0.05) is 101 Å². The van der Waals surface area contributed by atoms with Crippen molar-refractivity contribution in [2.24, 2.45) is 0 Å². The first-order valence-electron chi connectivity index (χ1n) is 12.8. The maximum absolute atomic E-state index is 6.43. The van der Waals surface area contributed by atoms with Gasteiger partial charge >= 0.3 is 0 Å². The van der Waals surface area contributed by atoms with Crippen molar-refractivity contribution in [1.82, 2.24) is 4.90 Å². The van der Waals surface area contributed by atoms with Crippen LogP contribution in [0.25, 0.3) is 0 Å². The molecule has 1 fully saturated rings. The first-order valence-corrected chi connectivity index (χ1v) is 13.8. The van der Waals surface area contributed by atoms with Crippen molar-refractivity contribution in [2.75, 3.05) is 13.1 Å². The monoisotopic (exact) mass is 473 g/mol. The minimum atomic E-state index is 0.0317. The number of rotatable bonds is 9. The number of benzene rings is 3. The molecule has 0 spiro atoms. The van der Waals surface area contributed by atoms with Crippen LogP contribution in [0.3, 0.4) is 0 Å². The number of aryl methyl sites for hydroxylation is 2. The van der Waals surface area contributed by atoms with E-state index in [0.29, 0.717) is 15.2 Å². The lowest BCUT2D eigenvalue weighted by Gasteiger charge is -2.33. The SMILES string of the molecule is CCC(C)(Pc1ccc(C)cc1CN1CCCCC1)c1cc(C)ccc1OCc1ccccc1. The van der Waals surface area contributed by atoms with E-state index in [1.54, 1.807) is 0 Å². The number of hydrogen-bond donors (Lipinski definition) is 0. The van der Waals surface area contributed by atoms with Crippen LogP contribution >= 0.6 is 8.58 Å². The Bertz CT molecular complexity index is 1070. The largest absolute Gasteiger partial charge is 0.489 e. The molecular formula is C31H40NOP. The fourth-order valence-electron chi connectivity index (χ4n) is 4.91. The quantitative estimate of drug-likeness (QED) is 0.298. The topological polar surface area (TPSA) is 12.5 Å². The number of nitrogens with zero attached hydrogens (tertiary/aromatic N) is 1. The summed E-state index contributed by atoms with van der Waals surface area (Å²) in [4.78, 5) is 2.65. The molecular weight excluding hydrogens is 433 g/mol. The van der Waals surface area contributed by atoms with E-state index in [2.05, 4.69) is 99.3 Å². The van der Waals surface area contributed by atoms with Gasteiger partial charge in [0, 0.05) is 17.3 Å². The second-order valence-corrected chi connectivity index (χ2v) is 12.0. The molecule has 1 aliphatic heterocycles. The third-order valence-corrected chi connectivity index (χ3v) is 9.12. The molecule has 0 saturated carbocycles. The van der Waals surface area contributed by atoms with Crippen LogP contribution in [0, 0.1) is 13.8 Å². The summed E-state index contributed by atoms with van der Waals surface area (Å²) in [5, 5.41) is 1.54. The van der Waals surface area contributed by atoms with E-state index in [0.717, 1.165) is 18.7 Å². The van der Waals surface area contributed by atoms with Crippen molar-refractivity contribution in [3.63, 3.8) is 0 Å². The molecule has 1 saturated heterocycles. The minimum Gasteiger partial charge on any atom is -0.489 e. The van der Waals surface area contributed by atoms with Gasteiger partial charge in [0.25, 0.3) is 0 Å². The summed E-state index contributed by atoms with van der Waals surface area (Å²) in [6.07, 6.45) is 5.13. The molecule has 4 rings (SSSR count). The predicted octanol–water partition coefficient (Wildman–Crippen LogP) is 7.50. The summed E-state index contributed by atoms with van der Waals surface area (Å²) in [7, 11) is 0.699. The Morgan fingerprint density at radius 2 is 1.59 bits per heavy atom. The van der Waals surface area contributed by atoms with Crippen LogP contribution in [0.2, 0.25) is 0 Å². The standard InChI is InChI=1S/C31H40NOP/c1-5-31(4,28-21-25(3)14-16-29(28)33-23-26-12-8-6-9-13-26)34-30-17-15-24(2)20-27(30)22-32-18-10-7-11-19-32/h6,8-9,12-17,20-21,34H,5,7,10-11,18-19,22-23H2,1-4H3. The molecule has 0 bridgehead atoms. The molecule has 2 unspecified atom stereocenters. The van der Waals surface area contributed by atoms with Crippen LogP contribution in [0.5, 0.6) is 5.75 Å². The Morgan fingerprint density at radius 1 is 0.882 bits per heavy atom. The van der Waals surface area contributed by atoms with Gasteiger partial charge in [0.2, 0.25) is 0 Å². The summed E-state index contributed by atoms with van der Waals surface area (Å²) in [5.41, 5.74) is 6.72. The Balaban J connectivity index is 1.62. The number of hydrogen-bond acceptors (Lipinski definition) is 2. The maximum atomic E-state index is 6.43. The maximum Gasteiger partial charge on any atom is 0.123 e. The summed E-state index contributed by atoms with van der Waals surface area (Å²) >= 11 is 0. The van der Waals surface area contributed by atoms with Gasteiger partial charge in [-0.25, -0.2) is 0 Å². The molecule has 2 atom stereocenters. The third kappa shape index (κ3) is 6.29. The summed E-state index contributed by atoms with van der Waals surface area (Å²) in [6, 6.07) is 24.3. The molecule has 0 radical (unpaired) electrons. The Morgan fingerprint density at radius 3 is 2.32 bits per heavy atom. The molecule has 0 amide bonds. The van der Waals surface area contributed by atoms with Crippen LogP contribution < -0.4 is 10.0 Å². The Labute approximate surface area is 208 Å². The molecule has 0 aliphatic carbocycles. The van der Waals surface area contributed by atoms with Gasteiger partial charge in [0.1, 0.15) is 12.4 Å². The van der Waals surface area contributed by atoms with E-state index >= 15 is 0 Å². The first-order chi connectivity index (χ1) is 16.5. The lowest BCUT2D eigenvalue weighted by molar-refractivity contribution is 0.221. The van der Waals surface area contributed by atoms with E-state index in [4.69, 9.17) is 4.74 Å². The lowest BCUT2D eigenvalue weighted by atomic mass is 9.95. The number of ether oxygens (including phenoxy) is 1. The van der Waals surface area contributed by atoms with Crippen LogP contribution in [0.4, 0.5) is 0 Å². The third-order valence-electron chi connectivity index (χ3n) is 7.19. The van der Waals surface area contributed by atoms with Crippen molar-refractivity contribution in [1.29, 1.82) is 0 Å². The molecule has 1 aliphatic rings. The molecule has 180 valence electrons. The van der Waals surface area contributed by atoms with Crippen molar-refractivity contribution < 1.29 is 4.74 Å². The normalized spacial score (nSPS) is 16.6. The highest BCUT2D eigenvalue weighted by atomic mass is 31.1. The fourth-order valence-corrected chi connectivity index (χ4v) is 6.49. The lowest BCUT2D eigenvalue weighted by Crippen LogP contribution is -2.31. The van der Waals surface area contributed by atoms with Gasteiger partial charge in [-0.15, -0.1) is 0 Å². The number of piperidine rings is 1. The van der Waals surface area contributed by atoms with Crippen LogP contribution in [0.15, 0.2) is 66.7 Å². The van der Waals surface area contributed by atoms with Crippen molar-refractivity contribution in [2.45, 2.75) is 71.7 Å². The Kier molecular flexibility index (Phi) is 8.46. The van der Waals surface area contributed by atoms with Gasteiger partial charge in [-0.05, 0) is 68.7 Å². The summed E-state index contributed by atoms with van der Waals surface area (Å²) < 4.78 is 6.43. The second-order valence-electron chi connectivity index (χ2n) is 10.1. The molecule has 3 aromatic rings. The zero-order valence-corrected chi connectivity index (χ0v) is 22.4. The molecule has 3 heteroatoms. The summed E-state index contributed by atoms with van der Waals surface area (Å²) in [5.74, 6) is 1.02. The van der Waals surface area contributed by atoms with Crippen molar-refractivity contribution in [3.05, 3.63) is 94.5 Å². The van der Waals surface area contributed by atoms with Gasteiger partial charge in [0.15, 0.2) is 0 Å². The van der Waals surface area contributed by atoms with E-state index in [1.807, 2.05) is 0 Å². The van der Waals surface area contributed by atoms with Gasteiger partial charge in [0.05, 0.1) is 0 Å². The number of likely N-dealkylation sites (tertiary alicyclic amines) is 1. The van der Waals surface area contributed by atoms with Gasteiger partial charge < -0.3 is 4.74 Å². The second kappa shape index (κ2) is 11.5. The molecule has 0 aromatic heterocycles. The average Bonchev–Trinajstić information content (AvgIpc) is 2.86. The highest BCUT2D eigenvalue weighted by Gasteiger charge is 2.30. The van der Waals surface area contributed by atoms with Gasteiger partial charge in [-0.2, -0.15) is 0 Å². The molecule has 34 heavy (non-hydrogen) atoms. The summed E-state index contributed by atoms with van der Waals surface area (Å²) in [6.45, 7) is 13.3. The van der Waals surface area contributed by atoms with E-state index in [-0.39, 0.29) is 5.16 Å². The van der Waals surface area contributed by atoms with E-state index < -0.39 is 0 Å². The van der Waals surface area contributed by atoms with Gasteiger partial charge in [-0.3, -0.25) is 4.90 Å². The predicted molar refractivity (Wildman–Crippen MR) is 148 cm³/mol. The van der Waals surface area contributed by atoms with E-state index in [9.17, 15) is 0 Å². The van der Waals surface area contributed by atoms with Crippen LogP contribution in [0.1, 0.15) is 67.3 Å². The fraction of sp³-hybridized carbons (Fsp3) is 0.419. The highest BCUT2D eigenvalue weighted by Crippen LogP contribution is 2.48. The van der Waals surface area contributed by atoms with Crippen LogP contribution in [-0.2, 0) is 18.3 Å². The molecule has 3 aromatic carbocycles. The first kappa shape index (κ1) is 25.0. The average molecular weight is 474 g/mol. The van der Waals surface area contributed by atoms with Crippen LogP contribution in [-0.4, -0.2) is 18.0 Å². The molecule has 1 heterocycles. The molecule has 0 N–H and O–H groups in total.